The molecule has 0 aliphatic rings. The van der Waals surface area contributed by atoms with Crippen LogP contribution in [0.15, 0.2) is 78.9 Å². The maximum Gasteiger partial charge on any atom is 0.311 e. The van der Waals surface area contributed by atoms with Crippen LogP contribution < -0.4 is 0 Å². The monoisotopic (exact) mass is 505 g/mol. The van der Waals surface area contributed by atoms with Gasteiger partial charge in [-0.1, -0.05) is 67.6 Å². The predicted octanol–water partition coefficient (Wildman–Crippen LogP) is 5.65. The first kappa shape index (κ1) is 27.0. The third-order valence-corrected chi connectivity index (χ3v) is 6.27. The lowest BCUT2D eigenvalue weighted by Crippen LogP contribution is -2.42. The molecular weight excluding hydrogens is 478 g/mol. The normalized spacial score (nSPS) is 13.2. The van der Waals surface area contributed by atoms with Gasteiger partial charge >= 0.3 is 5.97 Å². The predicted molar refractivity (Wildman–Crippen MR) is 136 cm³/mol. The van der Waals surface area contributed by atoms with Crippen LogP contribution in [-0.2, 0) is 9.53 Å². The van der Waals surface area contributed by atoms with E-state index in [4.69, 9.17) is 4.74 Å². The summed E-state index contributed by atoms with van der Waals surface area (Å²) in [4.78, 5) is 50.0. The van der Waals surface area contributed by atoms with Crippen molar-refractivity contribution in [3.05, 3.63) is 116 Å². The minimum Gasteiger partial charge on any atom is -0.469 e. The summed E-state index contributed by atoms with van der Waals surface area (Å²) < 4.78 is 5.07. The third-order valence-electron chi connectivity index (χ3n) is 6.27. The molecule has 10 nitrogen and oxygen atoms in total. The third kappa shape index (κ3) is 5.97. The number of hydrogen-bond donors (Lipinski definition) is 0. The number of amides is 1. The number of carbonyl (C=O) groups is 2. The molecule has 1 amide bonds. The molecule has 3 rings (SSSR count). The number of benzene rings is 3. The zero-order chi connectivity index (χ0) is 27.1. The van der Waals surface area contributed by atoms with Crippen LogP contribution in [-0.4, -0.2) is 33.7 Å². The molecule has 0 heterocycles. The average molecular weight is 506 g/mol. The second-order valence-electron chi connectivity index (χ2n) is 8.44. The number of nitro benzene ring substituents is 2. The minimum absolute atomic E-state index is 0.232. The molecule has 0 aliphatic heterocycles. The van der Waals surface area contributed by atoms with Gasteiger partial charge in [0.25, 0.3) is 17.3 Å². The van der Waals surface area contributed by atoms with Crippen molar-refractivity contribution in [1.29, 1.82) is 0 Å². The van der Waals surface area contributed by atoms with E-state index in [0.717, 1.165) is 23.8 Å². The van der Waals surface area contributed by atoms with Crippen molar-refractivity contribution in [3.63, 3.8) is 0 Å². The first-order valence-electron chi connectivity index (χ1n) is 11.6. The van der Waals surface area contributed by atoms with Crippen LogP contribution in [0.2, 0.25) is 0 Å². The van der Waals surface area contributed by atoms with Gasteiger partial charge in [-0.15, -0.1) is 0 Å². The highest BCUT2D eigenvalue weighted by Crippen LogP contribution is 2.39. The number of hydrogen-bond acceptors (Lipinski definition) is 7. The number of nitro groups is 2. The Bertz CT molecular complexity index is 1250. The lowest BCUT2D eigenvalue weighted by molar-refractivity contribution is -0.394. The van der Waals surface area contributed by atoms with E-state index in [0.29, 0.717) is 12.0 Å². The molecule has 0 unspecified atom stereocenters. The second kappa shape index (κ2) is 11.9. The van der Waals surface area contributed by atoms with Gasteiger partial charge in [0.1, 0.15) is 0 Å². The molecule has 10 heteroatoms. The first-order valence-corrected chi connectivity index (χ1v) is 11.6. The number of rotatable bonds is 10. The number of nitrogens with zero attached hydrogens (tertiary/aromatic N) is 3. The molecule has 0 fully saturated rings. The molecule has 0 N–H and O–H groups in total. The quantitative estimate of drug-likeness (QED) is 0.198. The number of methoxy groups -OCH3 is 1. The van der Waals surface area contributed by atoms with E-state index in [2.05, 4.69) is 0 Å². The average Bonchev–Trinajstić information content (AvgIpc) is 2.92. The summed E-state index contributed by atoms with van der Waals surface area (Å²) in [6, 6.07) is 19.4. The highest BCUT2D eigenvalue weighted by Gasteiger charge is 2.40. The van der Waals surface area contributed by atoms with Crippen molar-refractivity contribution in [2.24, 2.45) is 5.92 Å². The zero-order valence-electron chi connectivity index (χ0n) is 20.6. The summed E-state index contributed by atoms with van der Waals surface area (Å²) in [5.74, 6) is -2.00. The van der Waals surface area contributed by atoms with Crippen molar-refractivity contribution >= 4 is 23.3 Å². The fraction of sp³-hybridized carbons (Fsp3) is 0.259. The molecular formula is C27H27N3O7. The molecule has 0 radical (unpaired) electrons. The minimum atomic E-state index is -0.834. The molecule has 3 aromatic rings. The number of non-ortho nitro benzene ring substituents is 2. The molecule has 0 saturated carbocycles. The highest BCUT2D eigenvalue weighted by atomic mass is 16.6. The van der Waals surface area contributed by atoms with Gasteiger partial charge in [-0.05, 0) is 24.5 Å². The Hall–Kier alpha value is -4.60. The largest absolute Gasteiger partial charge is 0.469 e. The second-order valence-corrected chi connectivity index (χ2v) is 8.44. The van der Waals surface area contributed by atoms with Crippen LogP contribution >= 0.6 is 0 Å². The maximum atomic E-state index is 14.2. The summed E-state index contributed by atoms with van der Waals surface area (Å²) in [5, 5.41) is 23.0. The molecule has 3 aromatic carbocycles. The van der Waals surface area contributed by atoms with Crippen molar-refractivity contribution in [2.75, 3.05) is 7.11 Å². The van der Waals surface area contributed by atoms with Crippen LogP contribution in [0.1, 0.15) is 53.8 Å². The summed E-state index contributed by atoms with van der Waals surface area (Å²) in [7, 11) is 1.27. The van der Waals surface area contributed by atoms with Crippen LogP contribution in [0.3, 0.4) is 0 Å². The standard InChI is InChI=1S/C27H27N3O7/c1-4-24(27(32)37-3)25(20-13-9-6-10-14-20)28(18(2)19-11-7-5-8-12-19)26(31)21-15-22(29(33)34)17-23(16-21)30(35)36/h5-18,24-25H,4H2,1-3H3/t18-,24+,25-/m1/s1. The van der Waals surface area contributed by atoms with Crippen molar-refractivity contribution in [1.82, 2.24) is 4.90 Å². The summed E-state index contributed by atoms with van der Waals surface area (Å²) in [6.45, 7) is 3.57. The van der Waals surface area contributed by atoms with Crippen LogP contribution in [0.4, 0.5) is 11.4 Å². The van der Waals surface area contributed by atoms with Gasteiger partial charge in [0.15, 0.2) is 0 Å². The Morgan fingerprint density at radius 2 is 1.35 bits per heavy atom. The lowest BCUT2D eigenvalue weighted by Gasteiger charge is -2.40. The Balaban J connectivity index is 2.29. The van der Waals surface area contributed by atoms with Gasteiger partial charge in [0.2, 0.25) is 0 Å². The molecule has 0 aliphatic carbocycles. The highest BCUT2D eigenvalue weighted by molar-refractivity contribution is 5.96. The van der Waals surface area contributed by atoms with E-state index < -0.39 is 51.1 Å². The summed E-state index contributed by atoms with van der Waals surface area (Å²) in [5.41, 5.74) is -0.00107. The van der Waals surface area contributed by atoms with Gasteiger partial charge in [0, 0.05) is 12.1 Å². The fourth-order valence-electron chi connectivity index (χ4n) is 4.42. The van der Waals surface area contributed by atoms with Gasteiger partial charge in [0.05, 0.1) is 46.6 Å². The van der Waals surface area contributed by atoms with Crippen LogP contribution in [0.5, 0.6) is 0 Å². The van der Waals surface area contributed by atoms with E-state index in [1.165, 1.54) is 12.0 Å². The van der Waals surface area contributed by atoms with Gasteiger partial charge < -0.3 is 9.64 Å². The Labute approximate surface area is 213 Å². The van der Waals surface area contributed by atoms with E-state index >= 15 is 0 Å². The van der Waals surface area contributed by atoms with E-state index in [1.807, 2.05) is 30.3 Å². The van der Waals surface area contributed by atoms with Crippen LogP contribution in [0, 0.1) is 26.1 Å². The SMILES string of the molecule is CC[C@H](C(=O)OC)[C@@H](c1ccccc1)N(C(=O)c1cc([N+](=O)[O-])cc([N+](=O)[O-])c1)[C@H](C)c1ccccc1. The number of esters is 1. The molecule has 0 aromatic heterocycles. The van der Waals surface area contributed by atoms with Gasteiger partial charge in [-0.2, -0.15) is 0 Å². The summed E-state index contributed by atoms with van der Waals surface area (Å²) in [6.07, 6.45) is 0.326. The van der Waals surface area contributed by atoms with Gasteiger partial charge in [-0.25, -0.2) is 0 Å². The summed E-state index contributed by atoms with van der Waals surface area (Å²) >= 11 is 0. The molecule has 192 valence electrons. The fourth-order valence-corrected chi connectivity index (χ4v) is 4.42. The van der Waals surface area contributed by atoms with Crippen molar-refractivity contribution < 1.29 is 24.2 Å². The molecule has 0 bridgehead atoms. The maximum absolute atomic E-state index is 14.2. The molecule has 37 heavy (non-hydrogen) atoms. The topological polar surface area (TPSA) is 133 Å². The van der Waals surface area contributed by atoms with Crippen molar-refractivity contribution in [3.8, 4) is 0 Å². The van der Waals surface area contributed by atoms with E-state index in [1.54, 1.807) is 44.2 Å². The molecule has 0 spiro atoms. The van der Waals surface area contributed by atoms with Crippen molar-refractivity contribution in [2.45, 2.75) is 32.4 Å². The molecule has 3 atom stereocenters. The number of carbonyl (C=O) groups excluding carboxylic acids is 2. The Morgan fingerprint density at radius 1 is 0.865 bits per heavy atom. The lowest BCUT2D eigenvalue weighted by atomic mass is 9.87. The van der Waals surface area contributed by atoms with Crippen LogP contribution in [0.25, 0.3) is 0 Å². The Kier molecular flexibility index (Phi) is 8.68. The smallest absolute Gasteiger partial charge is 0.311 e. The zero-order valence-corrected chi connectivity index (χ0v) is 20.6. The first-order chi connectivity index (χ1) is 17.7. The van der Waals surface area contributed by atoms with E-state index in [-0.39, 0.29) is 5.56 Å². The van der Waals surface area contributed by atoms with Gasteiger partial charge in [-0.3, -0.25) is 29.8 Å². The number of ether oxygens (including phenoxy) is 1. The Morgan fingerprint density at radius 3 is 1.78 bits per heavy atom. The molecule has 0 saturated heterocycles. The van der Waals surface area contributed by atoms with E-state index in [9.17, 15) is 29.8 Å².